The van der Waals surface area contributed by atoms with Gasteiger partial charge in [-0.15, -0.1) is 0 Å². The molecule has 0 heterocycles. The van der Waals surface area contributed by atoms with Crippen molar-refractivity contribution in [3.63, 3.8) is 0 Å². The lowest BCUT2D eigenvalue weighted by Crippen LogP contribution is -2.47. The molecule has 0 spiro atoms. The fraction of sp³-hybridized carbons (Fsp3) is 0.526. The number of carbonyl (C=O) groups excluding carboxylic acids is 2. The molecule has 0 aromatic heterocycles. The lowest BCUT2D eigenvalue weighted by Gasteiger charge is -2.27. The van der Waals surface area contributed by atoms with Crippen LogP contribution in [0.1, 0.15) is 62.4 Å². The maximum Gasteiger partial charge on any atom is 0.326 e. The molecule has 130 valence electrons. The Kier molecular flexibility index (Phi) is 5.42. The predicted octanol–water partition coefficient (Wildman–Crippen LogP) is 2.93. The average Bonchev–Trinajstić information content (AvgIpc) is 2.51. The lowest BCUT2D eigenvalue weighted by atomic mass is 9.83. The summed E-state index contributed by atoms with van der Waals surface area (Å²) in [5.41, 5.74) is 1.52. The Balaban J connectivity index is 2.10. The van der Waals surface area contributed by atoms with Gasteiger partial charge in [0.25, 0.3) is 5.91 Å². The average molecular weight is 331 g/mol. The van der Waals surface area contributed by atoms with Gasteiger partial charge < -0.3 is 10.4 Å². The van der Waals surface area contributed by atoms with Gasteiger partial charge in [-0.1, -0.05) is 32.9 Å². The Morgan fingerprint density at radius 3 is 2.33 bits per heavy atom. The van der Waals surface area contributed by atoms with Crippen LogP contribution in [0.25, 0.3) is 0 Å². The number of carbonyl (C=O) groups is 3. The molecule has 1 aliphatic rings. The second kappa shape index (κ2) is 7.16. The Morgan fingerprint density at radius 2 is 1.83 bits per heavy atom. The normalized spacial score (nSPS) is 19.6. The highest BCUT2D eigenvalue weighted by Gasteiger charge is 2.33. The van der Waals surface area contributed by atoms with Crippen molar-refractivity contribution in [1.82, 2.24) is 5.32 Å². The summed E-state index contributed by atoms with van der Waals surface area (Å²) in [6.45, 7) is 6.26. The third-order valence-corrected chi connectivity index (χ3v) is 4.56. The first-order valence-corrected chi connectivity index (χ1v) is 8.34. The highest BCUT2D eigenvalue weighted by molar-refractivity contribution is 5.96. The number of Topliss-reactive ketones (excluding diaryl/α,β-unsaturated/α-hetero) is 1. The molecule has 1 amide bonds. The molecule has 2 rings (SSSR count). The van der Waals surface area contributed by atoms with E-state index >= 15 is 0 Å². The summed E-state index contributed by atoms with van der Waals surface area (Å²) in [4.78, 5) is 35.5. The maximum absolute atomic E-state index is 12.4. The van der Waals surface area contributed by atoms with Crippen LogP contribution in [0.15, 0.2) is 24.3 Å². The number of nitrogens with one attached hydrogen (secondary N) is 1. The van der Waals surface area contributed by atoms with Gasteiger partial charge >= 0.3 is 5.97 Å². The molecule has 0 unspecified atom stereocenters. The highest BCUT2D eigenvalue weighted by Crippen LogP contribution is 2.25. The van der Waals surface area contributed by atoms with Crippen LogP contribution in [-0.2, 0) is 15.0 Å². The van der Waals surface area contributed by atoms with Crippen LogP contribution in [0.3, 0.4) is 0 Å². The number of carboxylic acid groups (broad SMARTS) is 1. The summed E-state index contributed by atoms with van der Waals surface area (Å²) in [7, 11) is 0. The summed E-state index contributed by atoms with van der Waals surface area (Å²) in [5.74, 6) is -1.77. The smallest absolute Gasteiger partial charge is 0.326 e. The van der Waals surface area contributed by atoms with E-state index in [1.807, 2.05) is 12.1 Å². The zero-order valence-corrected chi connectivity index (χ0v) is 14.5. The molecule has 0 saturated heterocycles. The molecular formula is C19H25NO4. The van der Waals surface area contributed by atoms with Gasteiger partial charge in [0.05, 0.1) is 0 Å². The molecule has 2 atom stereocenters. The summed E-state index contributed by atoms with van der Waals surface area (Å²) in [6.07, 6.45) is 2.06. The molecule has 0 bridgehead atoms. The Morgan fingerprint density at radius 1 is 1.21 bits per heavy atom. The molecule has 1 aliphatic carbocycles. The number of hydrogen-bond acceptors (Lipinski definition) is 3. The van der Waals surface area contributed by atoms with Crippen LogP contribution in [0.4, 0.5) is 0 Å². The van der Waals surface area contributed by atoms with Crippen molar-refractivity contribution >= 4 is 17.7 Å². The molecule has 1 aromatic rings. The van der Waals surface area contributed by atoms with Gasteiger partial charge in [-0.05, 0) is 41.9 Å². The van der Waals surface area contributed by atoms with Gasteiger partial charge in [0, 0.05) is 18.4 Å². The van der Waals surface area contributed by atoms with E-state index in [1.165, 1.54) is 0 Å². The molecule has 1 fully saturated rings. The van der Waals surface area contributed by atoms with E-state index < -0.39 is 17.9 Å². The second-order valence-electron chi connectivity index (χ2n) is 7.51. The SMILES string of the molecule is CC(C)(C)c1ccc(C(=O)N[C@H](C(=O)O)[C@H]2CCCC(=O)C2)cc1. The molecule has 1 saturated carbocycles. The number of aliphatic carboxylic acids is 1. The summed E-state index contributed by atoms with van der Waals surface area (Å²) in [5, 5.41) is 12.0. The van der Waals surface area contributed by atoms with E-state index in [2.05, 4.69) is 26.1 Å². The minimum absolute atomic E-state index is 0.0128. The van der Waals surface area contributed by atoms with E-state index in [4.69, 9.17) is 0 Å². The fourth-order valence-corrected chi connectivity index (χ4v) is 3.07. The topological polar surface area (TPSA) is 83.5 Å². The lowest BCUT2D eigenvalue weighted by molar-refractivity contribution is -0.141. The highest BCUT2D eigenvalue weighted by atomic mass is 16.4. The third kappa shape index (κ3) is 4.43. The minimum Gasteiger partial charge on any atom is -0.480 e. The van der Waals surface area contributed by atoms with E-state index in [-0.39, 0.29) is 23.5 Å². The number of hydrogen-bond donors (Lipinski definition) is 2. The molecule has 24 heavy (non-hydrogen) atoms. The molecule has 0 aliphatic heterocycles. The third-order valence-electron chi connectivity index (χ3n) is 4.56. The van der Waals surface area contributed by atoms with Crippen molar-refractivity contribution in [2.45, 2.75) is 57.9 Å². The largest absolute Gasteiger partial charge is 0.480 e. The first-order valence-electron chi connectivity index (χ1n) is 8.34. The Hall–Kier alpha value is -2.17. The quantitative estimate of drug-likeness (QED) is 0.888. The fourth-order valence-electron chi connectivity index (χ4n) is 3.07. The second-order valence-corrected chi connectivity index (χ2v) is 7.51. The standard InChI is InChI=1S/C19H25NO4/c1-19(2,3)14-9-7-12(8-10-14)17(22)20-16(18(23)24)13-5-4-6-15(21)11-13/h7-10,13,16H,4-6,11H2,1-3H3,(H,20,22)(H,23,24)/t13-,16-/m0/s1. The van der Waals surface area contributed by atoms with Gasteiger partial charge in [0.15, 0.2) is 0 Å². The zero-order valence-electron chi connectivity index (χ0n) is 14.5. The van der Waals surface area contributed by atoms with Gasteiger partial charge in [-0.2, -0.15) is 0 Å². The molecule has 2 N–H and O–H groups in total. The number of carboxylic acids is 1. The van der Waals surface area contributed by atoms with Gasteiger partial charge in [0.2, 0.25) is 0 Å². The van der Waals surface area contributed by atoms with Crippen molar-refractivity contribution < 1.29 is 19.5 Å². The summed E-state index contributed by atoms with van der Waals surface area (Å²) < 4.78 is 0. The van der Waals surface area contributed by atoms with E-state index in [9.17, 15) is 19.5 Å². The monoisotopic (exact) mass is 331 g/mol. The molecule has 5 heteroatoms. The Labute approximate surface area is 142 Å². The molecule has 1 aromatic carbocycles. The van der Waals surface area contributed by atoms with Gasteiger partial charge in [-0.25, -0.2) is 4.79 Å². The van der Waals surface area contributed by atoms with Crippen molar-refractivity contribution in [3.8, 4) is 0 Å². The van der Waals surface area contributed by atoms with Crippen molar-refractivity contribution in [2.24, 2.45) is 5.92 Å². The van der Waals surface area contributed by atoms with E-state index in [0.717, 1.165) is 5.56 Å². The predicted molar refractivity (Wildman–Crippen MR) is 91.0 cm³/mol. The first-order chi connectivity index (χ1) is 11.2. The van der Waals surface area contributed by atoms with Gasteiger partial charge in [0.1, 0.15) is 11.8 Å². The molecule has 0 radical (unpaired) electrons. The van der Waals surface area contributed by atoms with Crippen molar-refractivity contribution in [2.75, 3.05) is 0 Å². The number of ketones is 1. The van der Waals surface area contributed by atoms with Gasteiger partial charge in [-0.3, -0.25) is 9.59 Å². The van der Waals surface area contributed by atoms with Crippen LogP contribution in [0.2, 0.25) is 0 Å². The number of amides is 1. The zero-order chi connectivity index (χ0) is 17.9. The van der Waals surface area contributed by atoms with Crippen LogP contribution in [0, 0.1) is 5.92 Å². The number of rotatable bonds is 4. The van der Waals surface area contributed by atoms with Crippen LogP contribution in [0.5, 0.6) is 0 Å². The molecule has 5 nitrogen and oxygen atoms in total. The van der Waals surface area contributed by atoms with Crippen LogP contribution in [-0.4, -0.2) is 28.8 Å². The van der Waals surface area contributed by atoms with Crippen LogP contribution >= 0.6 is 0 Å². The summed E-state index contributed by atoms with van der Waals surface area (Å²) >= 11 is 0. The van der Waals surface area contributed by atoms with E-state index in [1.54, 1.807) is 12.1 Å². The molecular weight excluding hydrogens is 306 g/mol. The van der Waals surface area contributed by atoms with Crippen LogP contribution < -0.4 is 5.32 Å². The maximum atomic E-state index is 12.4. The van der Waals surface area contributed by atoms with Crippen molar-refractivity contribution in [3.05, 3.63) is 35.4 Å². The minimum atomic E-state index is -1.09. The summed E-state index contributed by atoms with van der Waals surface area (Å²) in [6, 6.07) is 6.16. The van der Waals surface area contributed by atoms with E-state index in [0.29, 0.717) is 24.8 Å². The first kappa shape index (κ1) is 18.2. The van der Waals surface area contributed by atoms with Crippen molar-refractivity contribution in [1.29, 1.82) is 0 Å². The Bertz CT molecular complexity index is 628. The number of benzene rings is 1.